The van der Waals surface area contributed by atoms with Crippen molar-refractivity contribution in [2.75, 3.05) is 19.0 Å². The molecule has 8 heteroatoms. The van der Waals surface area contributed by atoms with Gasteiger partial charge >= 0.3 is 0 Å². The number of carbonyl (C=O) groups is 2. The van der Waals surface area contributed by atoms with E-state index < -0.39 is 0 Å². The molecule has 0 atom stereocenters. The molecule has 6 nitrogen and oxygen atoms in total. The maximum atomic E-state index is 12.8. The molecule has 150 valence electrons. The van der Waals surface area contributed by atoms with Crippen LogP contribution in [0.4, 0.5) is 5.13 Å². The number of thiazole rings is 1. The Morgan fingerprint density at radius 2 is 1.93 bits per heavy atom. The van der Waals surface area contributed by atoms with E-state index in [-0.39, 0.29) is 11.7 Å². The molecule has 0 spiro atoms. The van der Waals surface area contributed by atoms with E-state index in [1.165, 1.54) is 14.0 Å². The summed E-state index contributed by atoms with van der Waals surface area (Å²) in [5.41, 5.74) is 1.75. The average Bonchev–Trinajstić information content (AvgIpc) is 3.14. The smallest absolute Gasteiger partial charge is 0.257 e. The zero-order chi connectivity index (χ0) is 21.0. The van der Waals surface area contributed by atoms with Crippen molar-refractivity contribution in [2.45, 2.75) is 13.8 Å². The lowest BCUT2D eigenvalue weighted by molar-refractivity contribution is 0.101. The Labute approximate surface area is 181 Å². The average molecular weight is 475 g/mol. The van der Waals surface area contributed by atoms with Gasteiger partial charge in [-0.1, -0.05) is 41.7 Å². The van der Waals surface area contributed by atoms with Crippen LogP contribution in [0.5, 0.6) is 11.5 Å². The van der Waals surface area contributed by atoms with Gasteiger partial charge in [0.15, 0.2) is 22.4 Å². The maximum Gasteiger partial charge on any atom is 0.257 e. The summed E-state index contributed by atoms with van der Waals surface area (Å²) >= 11 is 4.57. The van der Waals surface area contributed by atoms with Gasteiger partial charge in [0.25, 0.3) is 5.91 Å². The number of hydrogen-bond donors (Lipinski definition) is 1. The van der Waals surface area contributed by atoms with Crippen molar-refractivity contribution in [3.05, 3.63) is 57.4 Å². The first kappa shape index (κ1) is 21.0. The molecule has 0 radical (unpaired) electrons. The number of halogens is 1. The molecule has 0 aliphatic carbocycles. The minimum atomic E-state index is -0.365. The van der Waals surface area contributed by atoms with Crippen LogP contribution in [0.3, 0.4) is 0 Å². The molecule has 2 aromatic carbocycles. The topological polar surface area (TPSA) is 77.5 Å². The lowest BCUT2D eigenvalue weighted by Gasteiger charge is -2.13. The molecular weight excluding hydrogens is 456 g/mol. The molecule has 29 heavy (non-hydrogen) atoms. The number of Topliss-reactive ketones (excluding diaryl/α,β-unsaturated/α-hetero) is 1. The van der Waals surface area contributed by atoms with Crippen molar-refractivity contribution in [3.8, 4) is 22.8 Å². The van der Waals surface area contributed by atoms with E-state index in [1.807, 2.05) is 37.3 Å². The van der Waals surface area contributed by atoms with Crippen LogP contribution >= 0.6 is 27.3 Å². The molecule has 1 amide bonds. The highest BCUT2D eigenvalue weighted by Gasteiger charge is 2.20. The summed E-state index contributed by atoms with van der Waals surface area (Å²) in [7, 11) is 1.51. The molecule has 1 heterocycles. The van der Waals surface area contributed by atoms with Crippen molar-refractivity contribution in [1.82, 2.24) is 4.98 Å². The fourth-order valence-corrected chi connectivity index (χ4v) is 4.14. The van der Waals surface area contributed by atoms with Gasteiger partial charge in [-0.3, -0.25) is 14.9 Å². The Morgan fingerprint density at radius 1 is 1.21 bits per heavy atom. The van der Waals surface area contributed by atoms with Gasteiger partial charge in [-0.25, -0.2) is 4.98 Å². The van der Waals surface area contributed by atoms with Crippen LogP contribution in [0, 0.1) is 0 Å². The Hall–Kier alpha value is -2.71. The van der Waals surface area contributed by atoms with Crippen LogP contribution in [0.2, 0.25) is 0 Å². The lowest BCUT2D eigenvalue weighted by atomic mass is 10.1. The van der Waals surface area contributed by atoms with Gasteiger partial charge in [0.05, 0.1) is 28.8 Å². The fourth-order valence-electron chi connectivity index (χ4n) is 2.71. The molecule has 3 aromatic rings. The largest absolute Gasteiger partial charge is 0.493 e. The highest BCUT2D eigenvalue weighted by molar-refractivity contribution is 9.10. The Balaban J connectivity index is 1.92. The number of carbonyl (C=O) groups excluding carboxylic acids is 2. The summed E-state index contributed by atoms with van der Waals surface area (Å²) in [6.45, 7) is 3.82. The quantitative estimate of drug-likeness (QED) is 0.461. The van der Waals surface area contributed by atoms with Crippen LogP contribution in [0.1, 0.15) is 33.9 Å². The molecule has 0 saturated carbocycles. The number of benzene rings is 2. The van der Waals surface area contributed by atoms with E-state index in [0.717, 1.165) is 16.9 Å². The second-order valence-corrected chi connectivity index (χ2v) is 7.85. The minimum absolute atomic E-state index is 0.104. The predicted molar refractivity (Wildman–Crippen MR) is 117 cm³/mol. The number of aromatic nitrogens is 1. The molecule has 0 bridgehead atoms. The van der Waals surface area contributed by atoms with Crippen molar-refractivity contribution in [2.24, 2.45) is 0 Å². The summed E-state index contributed by atoms with van der Waals surface area (Å²) in [6, 6.07) is 12.6. The van der Waals surface area contributed by atoms with E-state index >= 15 is 0 Å². The lowest BCUT2D eigenvalue weighted by Crippen LogP contribution is -2.12. The normalized spacial score (nSPS) is 10.5. The number of ketones is 1. The van der Waals surface area contributed by atoms with Gasteiger partial charge in [0.1, 0.15) is 0 Å². The third-order valence-corrected chi connectivity index (χ3v) is 5.66. The minimum Gasteiger partial charge on any atom is -0.493 e. The summed E-state index contributed by atoms with van der Waals surface area (Å²) in [5, 5.41) is 3.12. The van der Waals surface area contributed by atoms with Gasteiger partial charge < -0.3 is 9.47 Å². The van der Waals surface area contributed by atoms with Crippen molar-refractivity contribution >= 4 is 44.1 Å². The third kappa shape index (κ3) is 4.65. The zero-order valence-electron chi connectivity index (χ0n) is 16.1. The Morgan fingerprint density at radius 3 is 2.55 bits per heavy atom. The van der Waals surface area contributed by atoms with Crippen molar-refractivity contribution < 1.29 is 19.1 Å². The summed E-state index contributed by atoms with van der Waals surface area (Å²) in [6.07, 6.45) is 0. The van der Waals surface area contributed by atoms with E-state index in [4.69, 9.17) is 9.47 Å². The number of amides is 1. The van der Waals surface area contributed by atoms with Crippen LogP contribution in [0.15, 0.2) is 46.9 Å². The van der Waals surface area contributed by atoms with Gasteiger partial charge in [-0.05, 0) is 35.0 Å². The van der Waals surface area contributed by atoms with E-state index in [1.54, 1.807) is 12.1 Å². The number of rotatable bonds is 7. The monoisotopic (exact) mass is 474 g/mol. The van der Waals surface area contributed by atoms with E-state index in [9.17, 15) is 9.59 Å². The SMILES string of the molecule is CCOc1c(Br)cc(C(=O)Nc2nc(-c3ccccc3)c(C(C)=O)s2)cc1OC. The van der Waals surface area contributed by atoms with Crippen molar-refractivity contribution in [1.29, 1.82) is 0 Å². The van der Waals surface area contributed by atoms with Crippen LogP contribution in [0.25, 0.3) is 11.3 Å². The second kappa shape index (κ2) is 9.19. The standard InChI is InChI=1S/C21H19BrN2O4S/c1-4-28-18-15(22)10-14(11-16(18)27-3)20(26)24-21-23-17(19(29-21)12(2)25)13-8-6-5-7-9-13/h5-11H,4H2,1-3H3,(H,23,24,26). The Kier molecular flexibility index (Phi) is 6.66. The first-order valence-electron chi connectivity index (χ1n) is 8.83. The number of ether oxygens (including phenoxy) is 2. The highest BCUT2D eigenvalue weighted by Crippen LogP contribution is 2.37. The fraction of sp³-hybridized carbons (Fsp3) is 0.190. The van der Waals surface area contributed by atoms with Crippen LogP contribution in [-0.4, -0.2) is 30.4 Å². The van der Waals surface area contributed by atoms with Gasteiger partial charge in [-0.2, -0.15) is 0 Å². The molecular formula is C21H19BrN2O4S. The summed E-state index contributed by atoms with van der Waals surface area (Å²) in [5.74, 6) is 0.508. The molecule has 0 aliphatic heterocycles. The summed E-state index contributed by atoms with van der Waals surface area (Å²) in [4.78, 5) is 29.8. The first-order valence-corrected chi connectivity index (χ1v) is 10.4. The number of anilines is 1. The van der Waals surface area contributed by atoms with Crippen molar-refractivity contribution in [3.63, 3.8) is 0 Å². The van der Waals surface area contributed by atoms with Gasteiger partial charge in [-0.15, -0.1) is 0 Å². The van der Waals surface area contributed by atoms with Gasteiger partial charge in [0, 0.05) is 18.1 Å². The highest BCUT2D eigenvalue weighted by atomic mass is 79.9. The molecule has 0 saturated heterocycles. The second-order valence-electron chi connectivity index (χ2n) is 6.00. The summed E-state index contributed by atoms with van der Waals surface area (Å²) < 4.78 is 11.5. The molecule has 0 fully saturated rings. The zero-order valence-corrected chi connectivity index (χ0v) is 18.5. The number of methoxy groups -OCH3 is 1. The number of nitrogens with zero attached hydrogens (tertiary/aromatic N) is 1. The molecule has 1 aromatic heterocycles. The van der Waals surface area contributed by atoms with Crippen LogP contribution in [-0.2, 0) is 0 Å². The third-order valence-electron chi connectivity index (χ3n) is 3.99. The predicted octanol–water partition coefficient (Wildman–Crippen LogP) is 5.43. The van der Waals surface area contributed by atoms with E-state index in [2.05, 4.69) is 26.2 Å². The van der Waals surface area contributed by atoms with E-state index in [0.29, 0.717) is 43.8 Å². The molecule has 0 unspecified atom stereocenters. The molecule has 0 aliphatic rings. The van der Waals surface area contributed by atoms with Crippen LogP contribution < -0.4 is 14.8 Å². The molecule has 1 N–H and O–H groups in total. The molecule has 3 rings (SSSR count). The first-order chi connectivity index (χ1) is 13.9. The van der Waals surface area contributed by atoms with Gasteiger partial charge in [0.2, 0.25) is 0 Å². The number of hydrogen-bond acceptors (Lipinski definition) is 6. The Bertz CT molecular complexity index is 1050. The number of nitrogens with one attached hydrogen (secondary N) is 1. The maximum absolute atomic E-state index is 12.8.